The first-order chi connectivity index (χ1) is 12.9. The molecule has 3 rings (SSSR count). The highest BCUT2D eigenvalue weighted by molar-refractivity contribution is 5.56. The average molecular weight is 383 g/mol. The summed E-state index contributed by atoms with van der Waals surface area (Å²) in [7, 11) is 4.47. The monoisotopic (exact) mass is 383 g/mol. The van der Waals surface area contributed by atoms with Crippen LogP contribution in [0.25, 0.3) is 5.65 Å². The number of ether oxygens (including phenoxy) is 3. The molecule has 0 radical (unpaired) electrons. The number of benzene rings is 1. The van der Waals surface area contributed by atoms with E-state index in [0.717, 1.165) is 0 Å². The van der Waals surface area contributed by atoms with Crippen LogP contribution >= 0.6 is 0 Å². The van der Waals surface area contributed by atoms with Gasteiger partial charge in [0.05, 0.1) is 21.3 Å². The van der Waals surface area contributed by atoms with Crippen molar-refractivity contribution < 1.29 is 27.4 Å². The number of aromatic nitrogens is 4. The molecule has 0 saturated heterocycles. The van der Waals surface area contributed by atoms with Crippen molar-refractivity contribution in [3.8, 4) is 17.2 Å². The van der Waals surface area contributed by atoms with Gasteiger partial charge in [-0.1, -0.05) is 0 Å². The van der Waals surface area contributed by atoms with Crippen molar-refractivity contribution in [2.24, 2.45) is 0 Å². The summed E-state index contributed by atoms with van der Waals surface area (Å²) < 4.78 is 55.4. The lowest BCUT2D eigenvalue weighted by Gasteiger charge is -2.16. The fraction of sp³-hybridized carbons (Fsp3) is 0.312. The minimum Gasteiger partial charge on any atom is -0.493 e. The first kappa shape index (κ1) is 18.5. The van der Waals surface area contributed by atoms with E-state index in [9.17, 15) is 13.2 Å². The van der Waals surface area contributed by atoms with Gasteiger partial charge < -0.3 is 19.5 Å². The summed E-state index contributed by atoms with van der Waals surface area (Å²) >= 11 is 0. The number of fused-ring (bicyclic) bond motifs is 1. The van der Waals surface area contributed by atoms with Gasteiger partial charge in [0.15, 0.2) is 17.1 Å². The van der Waals surface area contributed by atoms with Crippen molar-refractivity contribution in [3.05, 3.63) is 35.7 Å². The van der Waals surface area contributed by atoms with Crippen molar-refractivity contribution in [3.63, 3.8) is 0 Å². The highest BCUT2D eigenvalue weighted by atomic mass is 19.4. The van der Waals surface area contributed by atoms with E-state index in [0.29, 0.717) is 27.3 Å². The Morgan fingerprint density at radius 2 is 1.70 bits per heavy atom. The lowest BCUT2D eigenvalue weighted by Crippen LogP contribution is -2.13. The van der Waals surface area contributed by atoms with Gasteiger partial charge in [0.25, 0.3) is 5.82 Å². The number of alkyl halides is 3. The van der Waals surface area contributed by atoms with Crippen LogP contribution in [0.4, 0.5) is 19.0 Å². The molecule has 0 fully saturated rings. The summed E-state index contributed by atoms with van der Waals surface area (Å²) in [5.74, 6) is 0.387. The van der Waals surface area contributed by atoms with Gasteiger partial charge >= 0.3 is 6.18 Å². The molecule has 0 amide bonds. The molecule has 27 heavy (non-hydrogen) atoms. The minimum absolute atomic E-state index is 0.00317. The Bertz CT molecular complexity index is 958. The maximum absolute atomic E-state index is 13.0. The first-order valence-electron chi connectivity index (χ1n) is 7.70. The second-order valence-corrected chi connectivity index (χ2v) is 5.36. The second kappa shape index (κ2) is 7.17. The van der Waals surface area contributed by atoms with Crippen molar-refractivity contribution in [2.45, 2.75) is 12.7 Å². The number of anilines is 1. The molecular formula is C16H16F3N5O3. The van der Waals surface area contributed by atoms with Crippen LogP contribution in [-0.4, -0.2) is 41.1 Å². The fourth-order valence-electron chi connectivity index (χ4n) is 2.55. The lowest BCUT2D eigenvalue weighted by molar-refractivity contribution is -0.146. The van der Waals surface area contributed by atoms with E-state index < -0.39 is 12.0 Å². The Balaban J connectivity index is 1.89. The molecule has 0 saturated carbocycles. The zero-order chi connectivity index (χ0) is 19.6. The predicted molar refractivity (Wildman–Crippen MR) is 89.2 cm³/mol. The van der Waals surface area contributed by atoms with Gasteiger partial charge in [-0.2, -0.15) is 17.7 Å². The Kier molecular flexibility index (Phi) is 4.93. The van der Waals surface area contributed by atoms with Crippen molar-refractivity contribution in [1.82, 2.24) is 19.8 Å². The third-order valence-corrected chi connectivity index (χ3v) is 3.76. The number of nitrogens with one attached hydrogen (secondary N) is 1. The van der Waals surface area contributed by atoms with Crippen LogP contribution in [0.15, 0.2) is 24.3 Å². The topological polar surface area (TPSA) is 82.8 Å². The predicted octanol–water partition coefficient (Wildman–Crippen LogP) is 2.78. The lowest BCUT2D eigenvalue weighted by atomic mass is 10.1. The highest BCUT2D eigenvalue weighted by Gasteiger charge is 2.37. The number of hydrogen-bond acceptors (Lipinski definition) is 7. The molecule has 0 aliphatic rings. The smallest absolute Gasteiger partial charge is 0.453 e. The van der Waals surface area contributed by atoms with E-state index in [-0.39, 0.29) is 18.0 Å². The number of halogens is 3. The highest BCUT2D eigenvalue weighted by Crippen LogP contribution is 2.39. The van der Waals surface area contributed by atoms with Gasteiger partial charge in [-0.05, 0) is 24.3 Å². The maximum Gasteiger partial charge on any atom is 0.453 e. The Hall–Kier alpha value is -3.24. The minimum atomic E-state index is -4.66. The molecule has 0 spiro atoms. The fourth-order valence-corrected chi connectivity index (χ4v) is 2.55. The normalized spacial score (nSPS) is 11.5. The molecule has 2 heterocycles. The SMILES string of the molecule is COc1ccc(CNc2ccc3nnc(C(F)(F)F)n3n2)c(OC)c1OC. The van der Waals surface area contributed by atoms with Crippen molar-refractivity contribution >= 4 is 11.5 Å². The molecule has 1 aromatic carbocycles. The summed E-state index contributed by atoms with van der Waals surface area (Å²) in [6.07, 6.45) is -4.66. The van der Waals surface area contributed by atoms with Crippen molar-refractivity contribution in [1.29, 1.82) is 0 Å². The molecule has 11 heteroatoms. The maximum atomic E-state index is 13.0. The van der Waals surface area contributed by atoms with Gasteiger partial charge in [-0.3, -0.25) is 0 Å². The summed E-state index contributed by atoms with van der Waals surface area (Å²) in [5.41, 5.74) is 0.702. The molecular weight excluding hydrogens is 367 g/mol. The second-order valence-electron chi connectivity index (χ2n) is 5.36. The number of methoxy groups -OCH3 is 3. The first-order valence-corrected chi connectivity index (χ1v) is 7.70. The average Bonchev–Trinajstić information content (AvgIpc) is 3.08. The standard InChI is InChI=1S/C16H16F3N5O3/c1-25-10-5-4-9(13(26-2)14(10)27-3)8-20-11-6-7-12-21-22-15(16(17,18)19)24(12)23-11/h4-7H,8H2,1-3H3,(H,20,23). The Labute approximate surface area is 151 Å². The largest absolute Gasteiger partial charge is 0.493 e. The van der Waals surface area contributed by atoms with Gasteiger partial charge in [-0.15, -0.1) is 15.3 Å². The number of rotatable bonds is 6. The molecule has 0 aliphatic carbocycles. The molecule has 8 nitrogen and oxygen atoms in total. The van der Waals surface area contributed by atoms with E-state index in [2.05, 4.69) is 20.6 Å². The number of nitrogens with zero attached hydrogens (tertiary/aromatic N) is 4. The van der Waals surface area contributed by atoms with E-state index in [1.807, 2.05) is 0 Å². The summed E-state index contributed by atoms with van der Waals surface area (Å²) in [5, 5.41) is 13.5. The Morgan fingerprint density at radius 1 is 0.963 bits per heavy atom. The quantitative estimate of drug-likeness (QED) is 0.701. The van der Waals surface area contributed by atoms with E-state index >= 15 is 0 Å². The van der Waals surface area contributed by atoms with Crippen LogP contribution in [-0.2, 0) is 12.7 Å². The van der Waals surface area contributed by atoms with Crippen LogP contribution in [0, 0.1) is 0 Å². The third kappa shape index (κ3) is 3.52. The van der Waals surface area contributed by atoms with Crippen molar-refractivity contribution in [2.75, 3.05) is 26.6 Å². The summed E-state index contributed by atoms with van der Waals surface area (Å²) in [4.78, 5) is 0. The van der Waals surface area contributed by atoms with Crippen LogP contribution < -0.4 is 19.5 Å². The molecule has 0 atom stereocenters. The van der Waals surface area contributed by atoms with Gasteiger partial charge in [0.2, 0.25) is 5.75 Å². The van der Waals surface area contributed by atoms with Crippen LogP contribution in [0.1, 0.15) is 11.4 Å². The van der Waals surface area contributed by atoms with Crippen LogP contribution in [0.5, 0.6) is 17.2 Å². The third-order valence-electron chi connectivity index (χ3n) is 3.76. The zero-order valence-electron chi connectivity index (χ0n) is 14.7. The molecule has 2 aromatic heterocycles. The Morgan fingerprint density at radius 3 is 2.33 bits per heavy atom. The zero-order valence-corrected chi connectivity index (χ0v) is 14.7. The molecule has 0 unspecified atom stereocenters. The summed E-state index contributed by atoms with van der Waals surface area (Å²) in [6.45, 7) is 0.228. The van der Waals surface area contributed by atoms with Gasteiger partial charge in [0, 0.05) is 12.1 Å². The number of hydrogen-bond donors (Lipinski definition) is 1. The van der Waals surface area contributed by atoms with E-state index in [1.54, 1.807) is 12.1 Å². The molecule has 1 N–H and O–H groups in total. The van der Waals surface area contributed by atoms with Crippen LogP contribution in [0.3, 0.4) is 0 Å². The van der Waals surface area contributed by atoms with Crippen LogP contribution in [0.2, 0.25) is 0 Å². The molecule has 0 aliphatic heterocycles. The van der Waals surface area contributed by atoms with E-state index in [4.69, 9.17) is 14.2 Å². The van der Waals surface area contributed by atoms with Gasteiger partial charge in [0.1, 0.15) is 5.82 Å². The molecule has 0 bridgehead atoms. The van der Waals surface area contributed by atoms with Gasteiger partial charge in [-0.25, -0.2) is 0 Å². The van der Waals surface area contributed by atoms with E-state index in [1.165, 1.54) is 33.5 Å². The molecule has 3 aromatic rings. The summed E-state index contributed by atoms with van der Waals surface area (Å²) in [6, 6.07) is 6.36. The molecule has 144 valence electrons.